The molecule has 0 saturated carbocycles. The first kappa shape index (κ1) is 24.9. The molecule has 0 aromatic rings. The molecule has 0 spiro atoms. The number of carboxylic acids is 2. The molecule has 0 aromatic carbocycles. The fourth-order valence-electron chi connectivity index (χ4n) is 1.79. The van der Waals surface area contributed by atoms with Crippen LogP contribution in [0.15, 0.2) is 0 Å². The van der Waals surface area contributed by atoms with E-state index in [1.807, 2.05) is 0 Å². The van der Waals surface area contributed by atoms with E-state index in [-0.39, 0.29) is 74.8 Å². The Morgan fingerprint density at radius 3 is 1.00 bits per heavy atom. The molecule has 0 atom stereocenters. The molecule has 2 N–H and O–H groups in total. The number of hydrogen-bond acceptors (Lipinski definition) is 2. The molecule has 0 aliphatic rings. The summed E-state index contributed by atoms with van der Waals surface area (Å²) in [4.78, 5) is 20.5. The van der Waals surface area contributed by atoms with Gasteiger partial charge in [0.15, 0.2) is 0 Å². The van der Waals surface area contributed by atoms with Crippen molar-refractivity contribution in [2.75, 3.05) is 0 Å². The fraction of sp³-hybridized carbons (Fsp3) is 0.846. The second-order valence-corrected chi connectivity index (χ2v) is 4.47. The third-order valence-electron chi connectivity index (χ3n) is 2.78. The molecule has 0 aliphatic heterocycles. The first-order valence-electron chi connectivity index (χ1n) is 6.56. The third-order valence-corrected chi connectivity index (χ3v) is 2.78. The van der Waals surface area contributed by atoms with Crippen LogP contribution in [0.4, 0.5) is 0 Å². The van der Waals surface area contributed by atoms with Crippen LogP contribution in [0.5, 0.6) is 0 Å². The van der Waals surface area contributed by atoms with E-state index in [0.717, 1.165) is 38.5 Å². The van der Waals surface area contributed by atoms with E-state index >= 15 is 0 Å². The standard InChI is InChI=1S/C13H24O4.2Na.2H/c14-12(15)10-8-6-4-2-1-3-5-7-9-11-13(16)17;;;;/h1-11H2,(H,14,15)(H,16,17);;;;/q;2*+1;2*-1. The van der Waals surface area contributed by atoms with Crippen LogP contribution in [0, 0.1) is 0 Å². The van der Waals surface area contributed by atoms with Crippen LogP contribution in [0.3, 0.4) is 0 Å². The van der Waals surface area contributed by atoms with Crippen molar-refractivity contribution in [1.29, 1.82) is 0 Å². The maximum atomic E-state index is 10.2. The van der Waals surface area contributed by atoms with Gasteiger partial charge in [-0.15, -0.1) is 0 Å². The van der Waals surface area contributed by atoms with E-state index in [1.54, 1.807) is 0 Å². The Labute approximate surface area is 163 Å². The van der Waals surface area contributed by atoms with Crippen LogP contribution in [0.2, 0.25) is 0 Å². The number of hydrogen-bond donors (Lipinski definition) is 2. The van der Waals surface area contributed by atoms with Crippen LogP contribution < -0.4 is 59.1 Å². The van der Waals surface area contributed by atoms with Crippen molar-refractivity contribution >= 4 is 11.9 Å². The average Bonchev–Trinajstić information content (AvgIpc) is 2.25. The largest absolute Gasteiger partial charge is 1.00 e. The topological polar surface area (TPSA) is 74.6 Å². The number of carboxylic acid groups (broad SMARTS) is 2. The Bertz CT molecular complexity index is 210. The molecule has 0 heterocycles. The molecule has 0 bridgehead atoms. The zero-order valence-corrected chi connectivity index (χ0v) is 16.5. The molecule has 0 rings (SSSR count). The summed E-state index contributed by atoms with van der Waals surface area (Å²) in [7, 11) is 0. The summed E-state index contributed by atoms with van der Waals surface area (Å²) in [6, 6.07) is 0. The van der Waals surface area contributed by atoms with E-state index in [1.165, 1.54) is 19.3 Å². The van der Waals surface area contributed by atoms with E-state index in [2.05, 4.69) is 0 Å². The second kappa shape index (κ2) is 18.9. The van der Waals surface area contributed by atoms with Gasteiger partial charge in [-0.25, -0.2) is 0 Å². The maximum Gasteiger partial charge on any atom is 1.00 e. The molecule has 104 valence electrons. The van der Waals surface area contributed by atoms with Crippen molar-refractivity contribution in [1.82, 2.24) is 0 Å². The molecule has 4 nitrogen and oxygen atoms in total. The van der Waals surface area contributed by atoms with Gasteiger partial charge in [0.1, 0.15) is 0 Å². The molecule has 0 amide bonds. The van der Waals surface area contributed by atoms with Gasteiger partial charge in [-0.1, -0.05) is 44.9 Å². The summed E-state index contributed by atoms with van der Waals surface area (Å²) in [5, 5.41) is 16.9. The van der Waals surface area contributed by atoms with E-state index in [0.29, 0.717) is 0 Å². The van der Waals surface area contributed by atoms with Crippen molar-refractivity contribution in [3.05, 3.63) is 0 Å². The second-order valence-electron chi connectivity index (χ2n) is 4.47. The normalized spacial score (nSPS) is 9.26. The first-order valence-corrected chi connectivity index (χ1v) is 6.56. The molecule has 0 aliphatic carbocycles. The number of aliphatic carboxylic acids is 2. The summed E-state index contributed by atoms with van der Waals surface area (Å²) >= 11 is 0. The van der Waals surface area contributed by atoms with E-state index in [4.69, 9.17) is 10.2 Å². The van der Waals surface area contributed by atoms with Crippen molar-refractivity contribution < 1.29 is 81.8 Å². The molecular weight excluding hydrogens is 266 g/mol. The fourth-order valence-corrected chi connectivity index (χ4v) is 1.79. The Hall–Kier alpha value is 0.940. The molecule has 0 aromatic heterocycles. The molecular formula is C13H26Na2O4. The predicted octanol–water partition coefficient (Wildman–Crippen LogP) is -2.32. The summed E-state index contributed by atoms with van der Waals surface area (Å²) < 4.78 is 0. The minimum absolute atomic E-state index is 0. The van der Waals surface area contributed by atoms with Gasteiger partial charge in [0.2, 0.25) is 0 Å². The van der Waals surface area contributed by atoms with Crippen LogP contribution in [0.1, 0.15) is 73.5 Å². The van der Waals surface area contributed by atoms with Crippen LogP contribution in [-0.4, -0.2) is 22.2 Å². The monoisotopic (exact) mass is 292 g/mol. The summed E-state index contributed by atoms with van der Waals surface area (Å²) in [5.41, 5.74) is 0. The van der Waals surface area contributed by atoms with Crippen LogP contribution >= 0.6 is 0 Å². The minimum Gasteiger partial charge on any atom is -1.00 e. The van der Waals surface area contributed by atoms with Gasteiger partial charge in [-0.05, 0) is 12.8 Å². The van der Waals surface area contributed by atoms with Gasteiger partial charge in [-0.2, -0.15) is 0 Å². The molecule has 0 radical (unpaired) electrons. The molecule has 19 heavy (non-hydrogen) atoms. The molecule has 0 unspecified atom stereocenters. The Balaban J connectivity index is -0.000000213. The van der Waals surface area contributed by atoms with Gasteiger partial charge in [-0.3, -0.25) is 9.59 Å². The zero-order valence-electron chi connectivity index (χ0n) is 14.5. The van der Waals surface area contributed by atoms with Crippen molar-refractivity contribution in [2.24, 2.45) is 0 Å². The maximum absolute atomic E-state index is 10.2. The van der Waals surface area contributed by atoms with Crippen molar-refractivity contribution in [3.63, 3.8) is 0 Å². The molecule has 6 heteroatoms. The molecule has 0 saturated heterocycles. The SMILES string of the molecule is O=C(O)CCCCCCCCCCCC(=O)O.[H-].[H-].[Na+].[Na+]. The average molecular weight is 292 g/mol. The quantitative estimate of drug-likeness (QED) is 0.313. The van der Waals surface area contributed by atoms with E-state index < -0.39 is 11.9 Å². The van der Waals surface area contributed by atoms with Crippen molar-refractivity contribution in [2.45, 2.75) is 70.6 Å². The number of unbranched alkanes of at least 4 members (excludes halogenated alkanes) is 8. The van der Waals surface area contributed by atoms with Gasteiger partial charge < -0.3 is 13.1 Å². The van der Waals surface area contributed by atoms with Gasteiger partial charge >= 0.3 is 71.1 Å². The van der Waals surface area contributed by atoms with Crippen LogP contribution in [0.25, 0.3) is 0 Å². The molecule has 0 fully saturated rings. The van der Waals surface area contributed by atoms with E-state index in [9.17, 15) is 9.59 Å². The minimum atomic E-state index is -0.705. The Kier molecular flexibility index (Phi) is 24.8. The Morgan fingerprint density at radius 2 is 0.789 bits per heavy atom. The number of carbonyl (C=O) groups is 2. The summed E-state index contributed by atoms with van der Waals surface area (Å²) in [6.45, 7) is 0. The van der Waals surface area contributed by atoms with Gasteiger partial charge in [0.25, 0.3) is 0 Å². The first-order chi connectivity index (χ1) is 8.13. The van der Waals surface area contributed by atoms with Gasteiger partial charge in [0, 0.05) is 12.8 Å². The Morgan fingerprint density at radius 1 is 0.579 bits per heavy atom. The number of rotatable bonds is 12. The van der Waals surface area contributed by atoms with Crippen LogP contribution in [-0.2, 0) is 9.59 Å². The zero-order chi connectivity index (χ0) is 12.9. The third kappa shape index (κ3) is 24.4. The van der Waals surface area contributed by atoms with Gasteiger partial charge in [0.05, 0.1) is 0 Å². The summed E-state index contributed by atoms with van der Waals surface area (Å²) in [5.74, 6) is -1.41. The smallest absolute Gasteiger partial charge is 1.00 e. The summed E-state index contributed by atoms with van der Waals surface area (Å²) in [6.07, 6.45) is 9.89. The van der Waals surface area contributed by atoms with Crippen molar-refractivity contribution in [3.8, 4) is 0 Å². The predicted molar refractivity (Wildman–Crippen MR) is 68.3 cm³/mol.